The maximum atomic E-state index is 12.7. The smallest absolute Gasteiger partial charge is 0.253 e. The molecule has 0 radical (unpaired) electrons. The van der Waals surface area contributed by atoms with Crippen molar-refractivity contribution in [2.75, 3.05) is 40.3 Å². The Morgan fingerprint density at radius 1 is 1.16 bits per heavy atom. The van der Waals surface area contributed by atoms with Crippen molar-refractivity contribution in [3.63, 3.8) is 0 Å². The van der Waals surface area contributed by atoms with Gasteiger partial charge in [0, 0.05) is 37.3 Å². The van der Waals surface area contributed by atoms with E-state index in [-0.39, 0.29) is 16.6 Å². The van der Waals surface area contributed by atoms with Crippen LogP contribution in [0.15, 0.2) is 23.1 Å². The zero-order valence-electron chi connectivity index (χ0n) is 15.5. The predicted molar refractivity (Wildman–Crippen MR) is 96.5 cm³/mol. The van der Waals surface area contributed by atoms with E-state index in [0.717, 1.165) is 13.1 Å². The Morgan fingerprint density at radius 2 is 1.76 bits per heavy atom. The quantitative estimate of drug-likeness (QED) is 0.862. The summed E-state index contributed by atoms with van der Waals surface area (Å²) in [5.41, 5.74) is -0.291. The number of hydrogen-bond donors (Lipinski definition) is 1. The fourth-order valence-electron chi connectivity index (χ4n) is 2.67. The first kappa shape index (κ1) is 19.7. The van der Waals surface area contributed by atoms with Crippen molar-refractivity contribution >= 4 is 15.9 Å². The van der Waals surface area contributed by atoms with Crippen LogP contribution in [0.2, 0.25) is 0 Å². The maximum absolute atomic E-state index is 12.7. The first-order valence-electron chi connectivity index (χ1n) is 8.23. The molecule has 1 aliphatic rings. The summed E-state index contributed by atoms with van der Waals surface area (Å²) in [4.78, 5) is 16.6. The molecule has 140 valence electrons. The number of piperazine rings is 1. The van der Waals surface area contributed by atoms with Gasteiger partial charge in [-0.2, -0.15) is 0 Å². The second kappa shape index (κ2) is 7.31. The zero-order valence-corrected chi connectivity index (χ0v) is 16.3. The van der Waals surface area contributed by atoms with E-state index in [1.807, 2.05) is 7.05 Å². The summed E-state index contributed by atoms with van der Waals surface area (Å²) >= 11 is 0. The molecule has 1 amide bonds. The Bertz CT molecular complexity index is 733. The Hall–Kier alpha value is -1.64. The predicted octanol–water partition coefficient (Wildman–Crippen LogP) is 1.16. The number of nitrogens with one attached hydrogen (secondary N) is 1. The van der Waals surface area contributed by atoms with Gasteiger partial charge in [-0.25, -0.2) is 13.1 Å². The van der Waals surface area contributed by atoms with Crippen LogP contribution in [0.1, 0.15) is 31.1 Å². The lowest BCUT2D eigenvalue weighted by atomic mass is 10.1. The molecule has 1 aromatic carbocycles. The number of ether oxygens (including phenoxy) is 1. The van der Waals surface area contributed by atoms with Gasteiger partial charge < -0.3 is 14.5 Å². The summed E-state index contributed by atoms with van der Waals surface area (Å²) in [6, 6.07) is 4.53. The van der Waals surface area contributed by atoms with Gasteiger partial charge in [-0.15, -0.1) is 0 Å². The molecule has 0 atom stereocenters. The number of rotatable bonds is 4. The van der Waals surface area contributed by atoms with Crippen LogP contribution in [0.25, 0.3) is 0 Å². The number of carbonyl (C=O) groups excluding carboxylic acids is 1. The van der Waals surface area contributed by atoms with Crippen molar-refractivity contribution in [1.82, 2.24) is 14.5 Å². The summed E-state index contributed by atoms with van der Waals surface area (Å²) < 4.78 is 33.2. The summed E-state index contributed by atoms with van der Waals surface area (Å²) in [5, 5.41) is 0. The lowest BCUT2D eigenvalue weighted by Gasteiger charge is -2.32. The van der Waals surface area contributed by atoms with Crippen LogP contribution < -0.4 is 9.46 Å². The van der Waals surface area contributed by atoms with Gasteiger partial charge in [-0.3, -0.25) is 4.79 Å². The minimum absolute atomic E-state index is 0.0232. The minimum Gasteiger partial charge on any atom is -0.495 e. The van der Waals surface area contributed by atoms with Crippen molar-refractivity contribution in [2.45, 2.75) is 31.2 Å². The monoisotopic (exact) mass is 369 g/mol. The normalized spacial score (nSPS) is 16.8. The van der Waals surface area contributed by atoms with Gasteiger partial charge >= 0.3 is 0 Å². The average molecular weight is 369 g/mol. The number of carbonyl (C=O) groups is 1. The van der Waals surface area contributed by atoms with E-state index in [2.05, 4.69) is 9.62 Å². The molecular weight excluding hydrogens is 342 g/mol. The van der Waals surface area contributed by atoms with E-state index in [0.29, 0.717) is 18.7 Å². The number of methoxy groups -OCH3 is 1. The first-order valence-corrected chi connectivity index (χ1v) is 9.72. The van der Waals surface area contributed by atoms with E-state index < -0.39 is 15.6 Å². The van der Waals surface area contributed by atoms with Crippen molar-refractivity contribution in [2.24, 2.45) is 0 Å². The molecule has 1 saturated heterocycles. The highest BCUT2D eigenvalue weighted by Crippen LogP contribution is 2.26. The van der Waals surface area contributed by atoms with Gasteiger partial charge in [0.15, 0.2) is 0 Å². The molecule has 2 rings (SSSR count). The van der Waals surface area contributed by atoms with Gasteiger partial charge in [0.2, 0.25) is 10.0 Å². The van der Waals surface area contributed by atoms with Gasteiger partial charge in [-0.1, -0.05) is 0 Å². The maximum Gasteiger partial charge on any atom is 0.253 e. The van der Waals surface area contributed by atoms with Crippen LogP contribution >= 0.6 is 0 Å². The third kappa shape index (κ3) is 4.93. The molecule has 1 fully saturated rings. The second-order valence-electron chi connectivity index (χ2n) is 7.32. The van der Waals surface area contributed by atoms with Crippen molar-refractivity contribution in [3.8, 4) is 5.75 Å². The first-order chi connectivity index (χ1) is 11.5. The highest BCUT2D eigenvalue weighted by Gasteiger charge is 2.28. The molecule has 1 aliphatic heterocycles. The van der Waals surface area contributed by atoms with E-state index in [9.17, 15) is 13.2 Å². The minimum atomic E-state index is -3.81. The van der Waals surface area contributed by atoms with Crippen molar-refractivity contribution < 1.29 is 17.9 Å². The molecule has 0 bridgehead atoms. The van der Waals surface area contributed by atoms with Crippen LogP contribution in [0.4, 0.5) is 0 Å². The molecule has 25 heavy (non-hydrogen) atoms. The van der Waals surface area contributed by atoms with Crippen LogP contribution in [-0.4, -0.2) is 70.0 Å². The third-order valence-electron chi connectivity index (χ3n) is 3.93. The fraction of sp³-hybridized carbons (Fsp3) is 0.588. The van der Waals surface area contributed by atoms with E-state index in [1.54, 1.807) is 31.7 Å². The van der Waals surface area contributed by atoms with Gasteiger partial charge in [0.1, 0.15) is 10.6 Å². The topological polar surface area (TPSA) is 79.0 Å². The van der Waals surface area contributed by atoms with Crippen LogP contribution in [0.3, 0.4) is 0 Å². The molecule has 1 heterocycles. The molecule has 1 aromatic rings. The van der Waals surface area contributed by atoms with Crippen molar-refractivity contribution in [3.05, 3.63) is 23.8 Å². The number of sulfonamides is 1. The lowest BCUT2D eigenvalue weighted by molar-refractivity contribution is 0.0664. The molecule has 0 spiro atoms. The van der Waals surface area contributed by atoms with E-state index in [4.69, 9.17) is 4.74 Å². The summed E-state index contributed by atoms with van der Waals surface area (Å²) in [6.45, 7) is 8.15. The standard InChI is InChI=1S/C17H27N3O4S/c1-17(2,3)18-25(22,23)15-12-13(6-7-14(15)24-5)16(21)20-10-8-19(4)9-11-20/h6-7,12,18H,8-11H2,1-5H3. The third-order valence-corrected chi connectivity index (χ3v) is 5.71. The molecular formula is C17H27N3O4S. The van der Waals surface area contributed by atoms with Crippen LogP contribution in [-0.2, 0) is 10.0 Å². The van der Waals surface area contributed by atoms with Crippen LogP contribution in [0, 0.1) is 0 Å². The number of benzene rings is 1. The second-order valence-corrected chi connectivity index (χ2v) is 8.97. The van der Waals surface area contributed by atoms with Crippen LogP contribution in [0.5, 0.6) is 5.75 Å². The Morgan fingerprint density at radius 3 is 2.28 bits per heavy atom. The largest absolute Gasteiger partial charge is 0.495 e. The molecule has 8 heteroatoms. The molecule has 1 N–H and O–H groups in total. The van der Waals surface area contributed by atoms with Gasteiger partial charge in [0.25, 0.3) is 5.91 Å². The SMILES string of the molecule is COc1ccc(C(=O)N2CCN(C)CC2)cc1S(=O)(=O)NC(C)(C)C. The Balaban J connectivity index is 2.35. The number of likely N-dealkylation sites (N-methyl/N-ethyl adjacent to an activating group) is 1. The Labute approximate surface area is 150 Å². The van der Waals surface area contributed by atoms with Crippen molar-refractivity contribution in [1.29, 1.82) is 0 Å². The summed E-state index contributed by atoms with van der Waals surface area (Å²) in [5.74, 6) is 0.0506. The summed E-state index contributed by atoms with van der Waals surface area (Å²) in [6.07, 6.45) is 0. The highest BCUT2D eigenvalue weighted by atomic mass is 32.2. The van der Waals surface area contributed by atoms with E-state index >= 15 is 0 Å². The zero-order chi connectivity index (χ0) is 18.8. The number of amides is 1. The van der Waals surface area contributed by atoms with Gasteiger partial charge in [0.05, 0.1) is 7.11 Å². The summed E-state index contributed by atoms with van der Waals surface area (Å²) in [7, 11) is -0.388. The van der Waals surface area contributed by atoms with Gasteiger partial charge in [-0.05, 0) is 46.0 Å². The number of hydrogen-bond acceptors (Lipinski definition) is 5. The average Bonchev–Trinajstić information content (AvgIpc) is 2.52. The van der Waals surface area contributed by atoms with E-state index in [1.165, 1.54) is 19.2 Å². The highest BCUT2D eigenvalue weighted by molar-refractivity contribution is 7.89. The number of nitrogens with zero attached hydrogens (tertiary/aromatic N) is 2. The fourth-order valence-corrected chi connectivity index (χ4v) is 4.28. The molecule has 0 aromatic heterocycles. The molecule has 0 aliphatic carbocycles. The molecule has 0 saturated carbocycles. The Kier molecular flexibility index (Phi) is 5.75. The molecule has 0 unspecified atom stereocenters. The lowest BCUT2D eigenvalue weighted by Crippen LogP contribution is -2.47. The molecule has 7 nitrogen and oxygen atoms in total.